The summed E-state index contributed by atoms with van der Waals surface area (Å²) in [5.74, 6) is -0.190. The van der Waals surface area contributed by atoms with Crippen LogP contribution in [0.15, 0.2) is 47.4 Å². The van der Waals surface area contributed by atoms with Crippen LogP contribution in [0.25, 0.3) is 0 Å². The lowest BCUT2D eigenvalue weighted by molar-refractivity contribution is -0.114. The van der Waals surface area contributed by atoms with Gasteiger partial charge < -0.3 is 10.2 Å². The van der Waals surface area contributed by atoms with Gasteiger partial charge in [-0.2, -0.15) is 0 Å². The molecule has 0 saturated carbocycles. The second kappa shape index (κ2) is 9.41. The largest absolute Gasteiger partial charge is 0.372 e. The number of nitrogens with one attached hydrogen (secondary N) is 2. The van der Waals surface area contributed by atoms with Crippen LogP contribution in [0.1, 0.15) is 37.3 Å². The van der Waals surface area contributed by atoms with E-state index in [4.69, 9.17) is 0 Å². The van der Waals surface area contributed by atoms with Gasteiger partial charge in [-0.1, -0.05) is 12.1 Å². The molecule has 0 radical (unpaired) electrons. The first kappa shape index (κ1) is 21.3. The fourth-order valence-corrected chi connectivity index (χ4v) is 4.92. The Morgan fingerprint density at radius 3 is 2.34 bits per heavy atom. The molecule has 1 aliphatic rings. The Hall–Kier alpha value is -2.38. The molecule has 1 aliphatic heterocycles. The number of aryl methyl sites for hydroxylation is 1. The zero-order valence-corrected chi connectivity index (χ0v) is 17.9. The molecule has 2 aromatic carbocycles. The Morgan fingerprint density at radius 1 is 1.03 bits per heavy atom. The summed E-state index contributed by atoms with van der Waals surface area (Å²) in [5, 5.41) is 2.66. The number of amides is 1. The average Bonchev–Trinajstić information content (AvgIpc) is 2.68. The molecule has 0 aliphatic carbocycles. The molecular weight excluding hydrogens is 386 g/mol. The lowest BCUT2D eigenvalue weighted by atomic mass is 10.1. The van der Waals surface area contributed by atoms with Crippen LogP contribution in [-0.2, 0) is 21.2 Å². The second-order valence-electron chi connectivity index (χ2n) is 7.52. The highest BCUT2D eigenvalue weighted by Crippen LogP contribution is 2.21. The monoisotopic (exact) mass is 415 g/mol. The van der Waals surface area contributed by atoms with Crippen molar-refractivity contribution in [1.29, 1.82) is 0 Å². The molecule has 0 atom stereocenters. The van der Waals surface area contributed by atoms with Gasteiger partial charge in [-0.15, -0.1) is 0 Å². The normalized spacial score (nSPS) is 14.6. The molecule has 156 valence electrons. The van der Waals surface area contributed by atoms with Crippen molar-refractivity contribution in [2.75, 3.05) is 29.9 Å². The van der Waals surface area contributed by atoms with Gasteiger partial charge in [-0.25, -0.2) is 13.1 Å². The number of rotatable bonds is 7. The Bertz CT molecular complexity index is 950. The molecule has 2 aromatic rings. The standard InChI is InChI=1S/C22H29N3O3S/c1-17-16-20(24-18(2)26)8-11-22(17)29(27,28)23-13-12-19-6-9-21(10-7-19)25-14-4-3-5-15-25/h6-11,16,23H,3-5,12-15H2,1-2H3,(H,24,26). The van der Waals surface area contributed by atoms with Crippen molar-refractivity contribution in [1.82, 2.24) is 4.72 Å². The molecule has 1 fully saturated rings. The summed E-state index contributed by atoms with van der Waals surface area (Å²) in [4.78, 5) is 13.8. The number of carbonyl (C=O) groups excluding carboxylic acids is 1. The van der Waals surface area contributed by atoms with E-state index in [1.807, 2.05) is 0 Å². The van der Waals surface area contributed by atoms with Crippen LogP contribution in [0.3, 0.4) is 0 Å². The van der Waals surface area contributed by atoms with Crippen LogP contribution < -0.4 is 14.9 Å². The van der Waals surface area contributed by atoms with Gasteiger partial charge >= 0.3 is 0 Å². The van der Waals surface area contributed by atoms with Gasteiger partial charge in [0.2, 0.25) is 15.9 Å². The Kier molecular flexibility index (Phi) is 6.92. The first-order chi connectivity index (χ1) is 13.8. The van der Waals surface area contributed by atoms with Crippen LogP contribution in [0.2, 0.25) is 0 Å². The first-order valence-corrected chi connectivity index (χ1v) is 11.6. The number of hydrogen-bond donors (Lipinski definition) is 2. The first-order valence-electron chi connectivity index (χ1n) is 10.1. The maximum atomic E-state index is 12.6. The predicted octanol–water partition coefficient (Wildman–Crippen LogP) is 3.46. The number of nitrogens with zero attached hydrogens (tertiary/aromatic N) is 1. The topological polar surface area (TPSA) is 78.5 Å². The minimum Gasteiger partial charge on any atom is -0.372 e. The summed E-state index contributed by atoms with van der Waals surface area (Å²) < 4.78 is 27.9. The van der Waals surface area contributed by atoms with Crippen LogP contribution in [0.5, 0.6) is 0 Å². The van der Waals surface area contributed by atoms with Crippen molar-refractivity contribution in [3.63, 3.8) is 0 Å². The van der Waals surface area contributed by atoms with Crippen LogP contribution in [0, 0.1) is 6.92 Å². The number of carbonyl (C=O) groups is 1. The molecule has 0 aromatic heterocycles. The second-order valence-corrected chi connectivity index (χ2v) is 9.26. The Morgan fingerprint density at radius 2 is 1.72 bits per heavy atom. The molecule has 6 nitrogen and oxygen atoms in total. The minimum atomic E-state index is -3.60. The van der Waals surface area contributed by atoms with Crippen LogP contribution >= 0.6 is 0 Å². The molecule has 1 saturated heterocycles. The smallest absolute Gasteiger partial charge is 0.240 e. The summed E-state index contributed by atoms with van der Waals surface area (Å²) in [7, 11) is -3.60. The number of piperidine rings is 1. The average molecular weight is 416 g/mol. The lowest BCUT2D eigenvalue weighted by Crippen LogP contribution is -2.29. The molecule has 0 unspecified atom stereocenters. The summed E-state index contributed by atoms with van der Waals surface area (Å²) in [6.07, 6.45) is 4.43. The summed E-state index contributed by atoms with van der Waals surface area (Å²) >= 11 is 0. The third kappa shape index (κ3) is 5.81. The highest BCUT2D eigenvalue weighted by molar-refractivity contribution is 7.89. The van der Waals surface area contributed by atoms with Gasteiger partial charge in [-0.3, -0.25) is 4.79 Å². The van der Waals surface area contributed by atoms with Gasteiger partial charge in [0.15, 0.2) is 0 Å². The zero-order chi connectivity index (χ0) is 20.9. The molecule has 0 bridgehead atoms. The van der Waals surface area contributed by atoms with Crippen molar-refractivity contribution in [3.05, 3.63) is 53.6 Å². The van der Waals surface area contributed by atoms with Crippen molar-refractivity contribution in [3.8, 4) is 0 Å². The molecule has 2 N–H and O–H groups in total. The van der Waals surface area contributed by atoms with Crippen LogP contribution in [0.4, 0.5) is 11.4 Å². The Balaban J connectivity index is 1.57. The number of sulfonamides is 1. The van der Waals surface area contributed by atoms with Crippen molar-refractivity contribution < 1.29 is 13.2 Å². The molecule has 1 amide bonds. The van der Waals surface area contributed by atoms with E-state index in [0.29, 0.717) is 24.2 Å². The number of anilines is 2. The van der Waals surface area contributed by atoms with E-state index in [2.05, 4.69) is 39.2 Å². The van der Waals surface area contributed by atoms with Gasteiger partial charge in [-0.05, 0) is 74.1 Å². The highest BCUT2D eigenvalue weighted by atomic mass is 32.2. The third-order valence-corrected chi connectivity index (χ3v) is 6.77. The number of hydrogen-bond acceptors (Lipinski definition) is 4. The summed E-state index contributed by atoms with van der Waals surface area (Å²) in [6, 6.07) is 13.2. The minimum absolute atomic E-state index is 0.190. The van der Waals surface area contributed by atoms with Crippen molar-refractivity contribution in [2.24, 2.45) is 0 Å². The third-order valence-electron chi connectivity index (χ3n) is 5.15. The summed E-state index contributed by atoms with van der Waals surface area (Å²) in [6.45, 7) is 5.69. The molecular formula is C22H29N3O3S. The molecule has 3 rings (SSSR count). The van der Waals surface area contributed by atoms with Gasteiger partial charge in [0.25, 0.3) is 0 Å². The zero-order valence-electron chi connectivity index (χ0n) is 17.1. The van der Waals surface area contributed by atoms with E-state index in [1.54, 1.807) is 19.1 Å². The van der Waals surface area contributed by atoms with E-state index in [0.717, 1.165) is 18.7 Å². The Labute approximate surface area is 173 Å². The van der Waals surface area contributed by atoms with Crippen molar-refractivity contribution >= 4 is 27.3 Å². The van der Waals surface area contributed by atoms with Gasteiger partial charge in [0, 0.05) is 37.9 Å². The van der Waals surface area contributed by atoms with E-state index in [-0.39, 0.29) is 10.8 Å². The van der Waals surface area contributed by atoms with Gasteiger partial charge in [0.05, 0.1) is 4.90 Å². The molecule has 0 spiro atoms. The predicted molar refractivity (Wildman–Crippen MR) is 117 cm³/mol. The van der Waals surface area contributed by atoms with Gasteiger partial charge in [0.1, 0.15) is 0 Å². The quantitative estimate of drug-likeness (QED) is 0.726. The van der Waals surface area contributed by atoms with Crippen LogP contribution in [-0.4, -0.2) is 34.0 Å². The SMILES string of the molecule is CC(=O)Nc1ccc(S(=O)(=O)NCCc2ccc(N3CCCCC3)cc2)c(C)c1. The maximum Gasteiger partial charge on any atom is 0.240 e. The number of benzene rings is 2. The van der Waals surface area contributed by atoms with E-state index < -0.39 is 10.0 Å². The molecule has 29 heavy (non-hydrogen) atoms. The fraction of sp³-hybridized carbons (Fsp3) is 0.409. The van der Waals surface area contributed by atoms with E-state index >= 15 is 0 Å². The van der Waals surface area contributed by atoms with E-state index in [1.165, 1.54) is 37.9 Å². The molecule has 7 heteroatoms. The van der Waals surface area contributed by atoms with E-state index in [9.17, 15) is 13.2 Å². The summed E-state index contributed by atoms with van der Waals surface area (Å²) in [5.41, 5.74) is 3.52. The lowest BCUT2D eigenvalue weighted by Gasteiger charge is -2.28. The maximum absolute atomic E-state index is 12.6. The highest BCUT2D eigenvalue weighted by Gasteiger charge is 2.17. The fourth-order valence-electron chi connectivity index (χ4n) is 3.66. The van der Waals surface area contributed by atoms with Crippen molar-refractivity contribution in [2.45, 2.75) is 44.4 Å². The molecule has 1 heterocycles.